The molecule has 0 spiro atoms. The predicted octanol–water partition coefficient (Wildman–Crippen LogP) is 1.76. The minimum Gasteiger partial charge on any atom is -0.0961 e. The van der Waals surface area contributed by atoms with Gasteiger partial charge in [-0.2, -0.15) is 0 Å². The molecule has 1 aromatic rings. The molecular formula is C12H14. The van der Waals surface area contributed by atoms with E-state index in [4.69, 9.17) is 0 Å². The van der Waals surface area contributed by atoms with Crippen molar-refractivity contribution < 1.29 is 0 Å². The third kappa shape index (κ3) is 1.85. The van der Waals surface area contributed by atoms with Crippen LogP contribution in [-0.2, 0) is 0 Å². The molecule has 0 fully saturated rings. The van der Waals surface area contributed by atoms with E-state index in [2.05, 4.69) is 32.2 Å². The Bertz CT molecular complexity index is 397. The van der Waals surface area contributed by atoms with Crippen molar-refractivity contribution >= 4 is 12.7 Å². The molecule has 0 nitrogen and oxygen atoms in total. The van der Waals surface area contributed by atoms with Crippen molar-refractivity contribution in [3.8, 4) is 0 Å². The second kappa shape index (κ2) is 3.40. The molecule has 1 aromatic carbocycles. The Kier molecular flexibility index (Phi) is 2.49. The average molecular weight is 158 g/mol. The van der Waals surface area contributed by atoms with E-state index in [0.717, 1.165) is 10.8 Å². The van der Waals surface area contributed by atoms with Crippen molar-refractivity contribution in [3.63, 3.8) is 0 Å². The van der Waals surface area contributed by atoms with Crippen LogP contribution in [0.2, 0.25) is 0 Å². The zero-order valence-corrected chi connectivity index (χ0v) is 7.72. The Morgan fingerprint density at radius 3 is 2.58 bits per heavy atom. The maximum Gasteiger partial charge on any atom is -0.0158 e. The zero-order valence-electron chi connectivity index (χ0n) is 7.72. The summed E-state index contributed by atoms with van der Waals surface area (Å²) in [5.41, 5.74) is 2.32. The maximum absolute atomic E-state index is 3.96. The van der Waals surface area contributed by atoms with E-state index in [1.54, 1.807) is 0 Å². The van der Waals surface area contributed by atoms with Gasteiger partial charge in [-0.3, -0.25) is 0 Å². The monoisotopic (exact) mass is 158 g/mol. The van der Waals surface area contributed by atoms with Gasteiger partial charge in [0.05, 0.1) is 0 Å². The molecule has 0 aliphatic carbocycles. The third-order valence-corrected chi connectivity index (χ3v) is 1.81. The number of hydrogen-bond acceptors (Lipinski definition) is 0. The Labute approximate surface area is 73.6 Å². The van der Waals surface area contributed by atoms with Crippen molar-refractivity contribution in [1.82, 2.24) is 0 Å². The largest absolute Gasteiger partial charge is 0.0961 e. The second-order valence-electron chi connectivity index (χ2n) is 3.14. The summed E-state index contributed by atoms with van der Waals surface area (Å²) in [6, 6.07) is 6.12. The molecule has 0 amide bonds. The maximum atomic E-state index is 3.96. The van der Waals surface area contributed by atoms with Crippen molar-refractivity contribution in [2.75, 3.05) is 0 Å². The highest BCUT2D eigenvalue weighted by molar-refractivity contribution is 5.45. The highest BCUT2D eigenvalue weighted by Crippen LogP contribution is 1.89. The first kappa shape index (κ1) is 8.79. The van der Waals surface area contributed by atoms with Crippen molar-refractivity contribution in [2.24, 2.45) is 0 Å². The molecule has 0 aromatic heterocycles. The Balaban J connectivity index is 3.52. The summed E-state index contributed by atoms with van der Waals surface area (Å²) in [6.45, 7) is 11.9. The first-order chi connectivity index (χ1) is 5.61. The topological polar surface area (TPSA) is 0 Å². The summed E-state index contributed by atoms with van der Waals surface area (Å²) >= 11 is 0. The van der Waals surface area contributed by atoms with E-state index in [0.29, 0.717) is 0 Å². The van der Waals surface area contributed by atoms with Crippen molar-refractivity contribution in [3.05, 3.63) is 46.4 Å². The van der Waals surface area contributed by atoms with Crippen LogP contribution in [0.1, 0.15) is 12.5 Å². The molecule has 0 N–H and O–H groups in total. The summed E-state index contributed by atoms with van der Waals surface area (Å²) in [5.74, 6) is 0. The molecule has 0 unspecified atom stereocenters. The fourth-order valence-electron chi connectivity index (χ4n) is 1.19. The van der Waals surface area contributed by atoms with Crippen LogP contribution in [0, 0.1) is 6.92 Å². The molecule has 0 bridgehead atoms. The van der Waals surface area contributed by atoms with Gasteiger partial charge in [-0.25, -0.2) is 0 Å². The van der Waals surface area contributed by atoms with Gasteiger partial charge in [-0.15, -0.1) is 0 Å². The van der Waals surface area contributed by atoms with Crippen LogP contribution in [0.5, 0.6) is 0 Å². The smallest absolute Gasteiger partial charge is 0.0158 e. The number of benzene rings is 1. The molecule has 0 aliphatic heterocycles. The van der Waals surface area contributed by atoms with E-state index in [9.17, 15) is 0 Å². The van der Waals surface area contributed by atoms with Gasteiger partial charge >= 0.3 is 0 Å². The predicted molar refractivity (Wildman–Crippen MR) is 55.2 cm³/mol. The Morgan fingerprint density at radius 2 is 2.08 bits per heavy atom. The molecule has 0 heteroatoms. The molecule has 0 radical (unpaired) electrons. The van der Waals surface area contributed by atoms with Crippen LogP contribution in [0.25, 0.3) is 12.7 Å². The number of rotatable bonds is 1. The minimum absolute atomic E-state index is 1.06. The Morgan fingerprint density at radius 1 is 1.42 bits per heavy atom. The quantitative estimate of drug-likeness (QED) is 0.584. The summed E-state index contributed by atoms with van der Waals surface area (Å²) in [4.78, 5) is 0. The lowest BCUT2D eigenvalue weighted by atomic mass is 10.1. The lowest BCUT2D eigenvalue weighted by Crippen LogP contribution is -2.25. The summed E-state index contributed by atoms with van der Waals surface area (Å²) < 4.78 is 0. The van der Waals surface area contributed by atoms with Crippen LogP contribution in [0.3, 0.4) is 0 Å². The summed E-state index contributed by atoms with van der Waals surface area (Å²) in [6.07, 6.45) is 2.07. The molecule has 1 rings (SSSR count). The minimum atomic E-state index is 1.06. The molecule has 0 atom stereocenters. The number of aryl methyl sites for hydroxylation is 1. The van der Waals surface area contributed by atoms with Gasteiger partial charge in [-0.1, -0.05) is 43.0 Å². The molecule has 0 aliphatic rings. The second-order valence-corrected chi connectivity index (χ2v) is 3.14. The third-order valence-electron chi connectivity index (χ3n) is 1.81. The van der Waals surface area contributed by atoms with Crippen molar-refractivity contribution in [2.45, 2.75) is 13.8 Å². The van der Waals surface area contributed by atoms with Crippen LogP contribution >= 0.6 is 0 Å². The molecule has 12 heavy (non-hydrogen) atoms. The molecule has 0 heterocycles. The van der Waals surface area contributed by atoms with E-state index < -0.39 is 0 Å². The Hall–Kier alpha value is -1.30. The van der Waals surface area contributed by atoms with E-state index in [1.807, 2.05) is 19.1 Å². The standard InChI is InChI=1S/C12H14/c1-9(2)8-12-10(3)6-5-7-11(12)4/h5-8H,1,3H2,2,4H3/b12-8+. The SMILES string of the molecule is C=C(C)/C=c1/c(C)cccc1=C. The van der Waals surface area contributed by atoms with E-state index in [-0.39, 0.29) is 0 Å². The first-order valence-corrected chi connectivity index (χ1v) is 4.03. The summed E-state index contributed by atoms with van der Waals surface area (Å²) in [7, 11) is 0. The molecular weight excluding hydrogens is 144 g/mol. The lowest BCUT2D eigenvalue weighted by molar-refractivity contribution is 1.37. The first-order valence-electron chi connectivity index (χ1n) is 4.03. The van der Waals surface area contributed by atoms with Crippen LogP contribution in [0.4, 0.5) is 0 Å². The lowest BCUT2D eigenvalue weighted by Gasteiger charge is -1.95. The van der Waals surface area contributed by atoms with Gasteiger partial charge in [0.2, 0.25) is 0 Å². The van der Waals surface area contributed by atoms with E-state index >= 15 is 0 Å². The molecule has 0 saturated heterocycles. The number of allylic oxidation sites excluding steroid dienone is 1. The molecule has 0 saturated carbocycles. The van der Waals surface area contributed by atoms with Crippen LogP contribution in [-0.4, -0.2) is 0 Å². The fourth-order valence-corrected chi connectivity index (χ4v) is 1.19. The normalized spacial score (nSPS) is 11.7. The van der Waals surface area contributed by atoms with Gasteiger partial charge in [0.25, 0.3) is 0 Å². The zero-order chi connectivity index (χ0) is 9.14. The van der Waals surface area contributed by atoms with Gasteiger partial charge in [0, 0.05) is 0 Å². The van der Waals surface area contributed by atoms with E-state index in [1.165, 1.54) is 10.8 Å². The van der Waals surface area contributed by atoms with Crippen LogP contribution < -0.4 is 10.4 Å². The number of hydrogen-bond donors (Lipinski definition) is 0. The highest BCUT2D eigenvalue weighted by atomic mass is 13.9. The van der Waals surface area contributed by atoms with Gasteiger partial charge in [-0.05, 0) is 29.8 Å². The molecule has 62 valence electrons. The van der Waals surface area contributed by atoms with Gasteiger partial charge in [0.15, 0.2) is 0 Å². The van der Waals surface area contributed by atoms with Gasteiger partial charge < -0.3 is 0 Å². The van der Waals surface area contributed by atoms with Crippen LogP contribution in [0.15, 0.2) is 30.4 Å². The highest BCUT2D eigenvalue weighted by Gasteiger charge is 1.87. The van der Waals surface area contributed by atoms with Crippen molar-refractivity contribution in [1.29, 1.82) is 0 Å². The van der Waals surface area contributed by atoms with Gasteiger partial charge in [0.1, 0.15) is 0 Å². The average Bonchev–Trinajstić information content (AvgIpc) is 1.97. The summed E-state index contributed by atoms with van der Waals surface area (Å²) in [5, 5.41) is 2.27. The fraction of sp³-hybridized carbons (Fsp3) is 0.167.